The lowest BCUT2D eigenvalue weighted by Gasteiger charge is -2.07. The number of nitrogens with one attached hydrogen (secondary N) is 1. The summed E-state index contributed by atoms with van der Waals surface area (Å²) in [5.74, 6) is -0.301. The molecule has 0 fully saturated rings. The van der Waals surface area contributed by atoms with Crippen molar-refractivity contribution in [3.63, 3.8) is 0 Å². The first-order valence-corrected chi connectivity index (χ1v) is 10.3. The van der Waals surface area contributed by atoms with Crippen LogP contribution in [0.5, 0.6) is 0 Å². The molecule has 0 aliphatic carbocycles. The molecular formula is C21H16Cl2N4OS. The minimum absolute atomic E-state index is 0.301. The molecule has 4 rings (SSSR count). The van der Waals surface area contributed by atoms with E-state index >= 15 is 0 Å². The summed E-state index contributed by atoms with van der Waals surface area (Å²) in [6.07, 6.45) is 5.35. The number of thiophene rings is 1. The van der Waals surface area contributed by atoms with Gasteiger partial charge < -0.3 is 4.57 Å². The summed E-state index contributed by atoms with van der Waals surface area (Å²) in [4.78, 5) is 18.9. The Hall–Kier alpha value is -2.67. The first-order chi connectivity index (χ1) is 13.9. The molecular weight excluding hydrogens is 427 g/mol. The van der Waals surface area contributed by atoms with Gasteiger partial charge in [-0.2, -0.15) is 5.10 Å². The maximum atomic E-state index is 12.9. The van der Waals surface area contributed by atoms with Crippen LogP contribution in [0.3, 0.4) is 0 Å². The van der Waals surface area contributed by atoms with Crippen LogP contribution in [0, 0.1) is 13.8 Å². The van der Waals surface area contributed by atoms with Crippen LogP contribution >= 0.6 is 34.5 Å². The molecule has 0 spiro atoms. The Balaban J connectivity index is 1.70. The number of nitrogens with zero attached hydrogens (tertiary/aromatic N) is 3. The molecule has 0 saturated carbocycles. The summed E-state index contributed by atoms with van der Waals surface area (Å²) < 4.78 is 1.93. The molecule has 0 aliphatic heterocycles. The molecule has 1 aromatic carbocycles. The molecule has 8 heteroatoms. The predicted molar refractivity (Wildman–Crippen MR) is 120 cm³/mol. The van der Waals surface area contributed by atoms with Gasteiger partial charge in [-0.15, -0.1) is 11.3 Å². The van der Waals surface area contributed by atoms with E-state index < -0.39 is 0 Å². The van der Waals surface area contributed by atoms with Crippen LogP contribution in [-0.2, 0) is 0 Å². The molecule has 4 aromatic rings. The van der Waals surface area contributed by atoms with Crippen LogP contribution < -0.4 is 5.43 Å². The normalized spacial score (nSPS) is 11.4. The van der Waals surface area contributed by atoms with E-state index in [1.165, 1.54) is 17.6 Å². The van der Waals surface area contributed by atoms with Crippen LogP contribution in [0.2, 0.25) is 10.0 Å². The number of hydrogen-bond donors (Lipinski definition) is 1. The third kappa shape index (κ3) is 3.92. The minimum atomic E-state index is -0.301. The number of pyridine rings is 1. The maximum Gasteiger partial charge on any atom is 0.283 e. The van der Waals surface area contributed by atoms with E-state index in [4.69, 9.17) is 23.2 Å². The van der Waals surface area contributed by atoms with Crippen LogP contribution in [-0.4, -0.2) is 21.7 Å². The van der Waals surface area contributed by atoms with Gasteiger partial charge in [0.15, 0.2) is 0 Å². The van der Waals surface area contributed by atoms with Gasteiger partial charge in [0.2, 0.25) is 0 Å². The lowest BCUT2D eigenvalue weighted by molar-refractivity contribution is 0.0959. The first kappa shape index (κ1) is 19.6. The smallest absolute Gasteiger partial charge is 0.283 e. The number of carbonyl (C=O) groups excluding carboxylic acids is 1. The summed E-state index contributed by atoms with van der Waals surface area (Å²) in [6.45, 7) is 3.98. The zero-order valence-electron chi connectivity index (χ0n) is 15.6. The molecule has 0 aliphatic rings. The van der Waals surface area contributed by atoms with Crippen LogP contribution in [0.4, 0.5) is 0 Å². The van der Waals surface area contributed by atoms with Gasteiger partial charge in [0.25, 0.3) is 5.91 Å². The van der Waals surface area contributed by atoms with Gasteiger partial charge >= 0.3 is 0 Å². The molecule has 0 bridgehead atoms. The van der Waals surface area contributed by atoms with E-state index in [0.29, 0.717) is 14.9 Å². The van der Waals surface area contributed by atoms with Crippen LogP contribution in [0.25, 0.3) is 15.9 Å². The standard InChI is InChI=1S/C21H16Cl2N4OS/c1-12-9-13(2)25-21-17(12)18(27-7-3-4-8-27)19(29-21)20(28)26-24-11-14-5-6-15(22)16(23)10-14/h3-11H,1-2H3,(H,26,28)/b24-11-. The fourth-order valence-corrected chi connectivity index (χ4v) is 4.61. The SMILES string of the molecule is Cc1cc(C)c2c(-n3cccc3)c(C(=O)N/N=C\c3ccc(Cl)c(Cl)c3)sc2n1. The first-order valence-electron chi connectivity index (χ1n) is 8.76. The Morgan fingerprint density at radius 1 is 1.17 bits per heavy atom. The Morgan fingerprint density at radius 3 is 2.66 bits per heavy atom. The molecule has 1 amide bonds. The summed E-state index contributed by atoms with van der Waals surface area (Å²) in [5, 5.41) is 5.93. The number of carbonyl (C=O) groups is 1. The Bertz CT molecular complexity index is 1250. The van der Waals surface area contributed by atoms with Crippen molar-refractivity contribution in [1.82, 2.24) is 15.0 Å². The van der Waals surface area contributed by atoms with E-state index in [1.807, 2.05) is 49.0 Å². The van der Waals surface area contributed by atoms with E-state index in [1.54, 1.807) is 18.2 Å². The monoisotopic (exact) mass is 442 g/mol. The molecule has 5 nitrogen and oxygen atoms in total. The highest BCUT2D eigenvalue weighted by molar-refractivity contribution is 7.21. The molecule has 0 radical (unpaired) electrons. The second-order valence-electron chi connectivity index (χ2n) is 6.50. The third-order valence-corrected chi connectivity index (χ3v) is 6.17. The number of amides is 1. The maximum absolute atomic E-state index is 12.9. The Kier molecular flexibility index (Phi) is 5.41. The van der Waals surface area contributed by atoms with Crippen LogP contribution in [0.15, 0.2) is 53.9 Å². The average molecular weight is 443 g/mol. The third-order valence-electron chi connectivity index (χ3n) is 4.35. The molecule has 3 aromatic heterocycles. The number of aromatic nitrogens is 2. The van der Waals surface area contributed by atoms with Crippen molar-refractivity contribution in [3.8, 4) is 5.69 Å². The number of benzene rings is 1. The summed E-state index contributed by atoms with van der Waals surface area (Å²) in [5.41, 5.74) is 6.13. The molecule has 1 N–H and O–H groups in total. The van der Waals surface area contributed by atoms with Crippen molar-refractivity contribution < 1.29 is 4.79 Å². The van der Waals surface area contributed by atoms with Gasteiger partial charge in [-0.1, -0.05) is 29.3 Å². The largest absolute Gasteiger partial charge is 0.322 e. The molecule has 0 atom stereocenters. The van der Waals surface area contributed by atoms with E-state index in [-0.39, 0.29) is 5.91 Å². The van der Waals surface area contributed by atoms with Crippen molar-refractivity contribution in [2.45, 2.75) is 13.8 Å². The second kappa shape index (κ2) is 7.99. The Morgan fingerprint density at radius 2 is 1.93 bits per heavy atom. The van der Waals surface area contributed by atoms with Gasteiger partial charge in [-0.05, 0) is 55.3 Å². The van der Waals surface area contributed by atoms with Crippen molar-refractivity contribution >= 4 is 56.9 Å². The number of halogens is 2. The Labute approximate surface area is 181 Å². The van der Waals surface area contributed by atoms with Gasteiger partial charge in [-0.25, -0.2) is 10.4 Å². The molecule has 0 unspecified atom stereocenters. The number of rotatable bonds is 4. The number of fused-ring (bicyclic) bond motifs is 1. The molecule has 0 saturated heterocycles. The van der Waals surface area contributed by atoms with Crippen molar-refractivity contribution in [1.29, 1.82) is 0 Å². The van der Waals surface area contributed by atoms with E-state index in [9.17, 15) is 4.79 Å². The predicted octanol–water partition coefficient (Wildman–Crippen LogP) is 5.77. The van der Waals surface area contributed by atoms with Gasteiger partial charge in [0.1, 0.15) is 9.71 Å². The highest BCUT2D eigenvalue weighted by Crippen LogP contribution is 2.35. The van der Waals surface area contributed by atoms with Crippen molar-refractivity contribution in [2.75, 3.05) is 0 Å². The van der Waals surface area contributed by atoms with Crippen molar-refractivity contribution in [3.05, 3.63) is 80.5 Å². The minimum Gasteiger partial charge on any atom is -0.322 e. The lowest BCUT2D eigenvalue weighted by Crippen LogP contribution is -2.18. The highest BCUT2D eigenvalue weighted by Gasteiger charge is 2.22. The highest BCUT2D eigenvalue weighted by atomic mass is 35.5. The quantitative estimate of drug-likeness (QED) is 0.321. The van der Waals surface area contributed by atoms with Crippen molar-refractivity contribution in [2.24, 2.45) is 5.10 Å². The number of hydrogen-bond acceptors (Lipinski definition) is 4. The van der Waals surface area contributed by atoms with E-state index in [2.05, 4.69) is 15.5 Å². The topological polar surface area (TPSA) is 59.3 Å². The zero-order valence-corrected chi connectivity index (χ0v) is 17.9. The van der Waals surface area contributed by atoms with Gasteiger partial charge in [0.05, 0.1) is 21.9 Å². The average Bonchev–Trinajstić information content (AvgIpc) is 3.31. The number of hydrazone groups is 1. The second-order valence-corrected chi connectivity index (χ2v) is 8.32. The lowest BCUT2D eigenvalue weighted by atomic mass is 10.1. The zero-order chi connectivity index (χ0) is 20.5. The molecule has 29 heavy (non-hydrogen) atoms. The van der Waals surface area contributed by atoms with E-state index in [0.717, 1.165) is 32.7 Å². The van der Waals surface area contributed by atoms with Crippen LogP contribution in [0.1, 0.15) is 26.5 Å². The summed E-state index contributed by atoms with van der Waals surface area (Å²) in [7, 11) is 0. The summed E-state index contributed by atoms with van der Waals surface area (Å²) in [6, 6.07) is 11.0. The van der Waals surface area contributed by atoms with Gasteiger partial charge in [-0.3, -0.25) is 4.79 Å². The fraction of sp³-hybridized carbons (Fsp3) is 0.0952. The molecule has 3 heterocycles. The fourth-order valence-electron chi connectivity index (χ4n) is 3.12. The summed E-state index contributed by atoms with van der Waals surface area (Å²) >= 11 is 13.3. The van der Waals surface area contributed by atoms with Gasteiger partial charge in [0, 0.05) is 23.5 Å². The molecule has 146 valence electrons. The number of aryl methyl sites for hydroxylation is 2.